The molecule has 1 saturated heterocycles. The molecule has 0 amide bonds. The number of hydrogen-bond donors (Lipinski definition) is 2. The minimum absolute atomic E-state index is 0.540. The summed E-state index contributed by atoms with van der Waals surface area (Å²) in [7, 11) is 0. The molecule has 1 fully saturated rings. The van der Waals surface area contributed by atoms with Crippen LogP contribution in [0.2, 0.25) is 0 Å². The number of rotatable bonds is 8. The first-order chi connectivity index (χ1) is 20.7. The second kappa shape index (κ2) is 11.8. The van der Waals surface area contributed by atoms with Gasteiger partial charge in [0.2, 0.25) is 0 Å². The molecule has 0 aliphatic carbocycles. The Kier molecular flexibility index (Phi) is 7.42. The van der Waals surface area contributed by atoms with Gasteiger partial charge in [-0.15, -0.1) is 11.3 Å². The smallest absolute Gasteiger partial charge is 0.126 e. The molecule has 0 unspecified atom stereocenters. The molecule has 7 heteroatoms. The van der Waals surface area contributed by atoms with Crippen molar-refractivity contribution in [3.05, 3.63) is 114 Å². The Bertz CT molecular complexity index is 1870. The van der Waals surface area contributed by atoms with E-state index in [1.807, 2.05) is 12.3 Å². The summed E-state index contributed by atoms with van der Waals surface area (Å²) >= 11 is 1.67. The first kappa shape index (κ1) is 26.4. The van der Waals surface area contributed by atoms with Crippen LogP contribution < -0.4 is 5.32 Å². The molecule has 4 heterocycles. The van der Waals surface area contributed by atoms with Crippen molar-refractivity contribution < 1.29 is 0 Å². The number of thiophene rings is 1. The van der Waals surface area contributed by atoms with Crippen LogP contribution >= 0.6 is 11.3 Å². The minimum Gasteiger partial charge on any atom is -0.361 e. The van der Waals surface area contributed by atoms with Gasteiger partial charge in [-0.25, -0.2) is 4.98 Å². The Morgan fingerprint density at radius 1 is 0.881 bits per heavy atom. The zero-order chi connectivity index (χ0) is 28.3. The predicted octanol–water partition coefficient (Wildman–Crippen LogP) is 7.42. The molecule has 0 saturated carbocycles. The average Bonchev–Trinajstić information content (AvgIpc) is 3.69. The largest absolute Gasteiger partial charge is 0.361 e. The second-order valence-electron chi connectivity index (χ2n) is 10.9. The maximum atomic E-state index is 9.87. The van der Waals surface area contributed by atoms with Crippen LogP contribution in [0, 0.1) is 11.3 Å². The number of nitriles is 1. The summed E-state index contributed by atoms with van der Waals surface area (Å²) in [6, 6.07) is 32.4. The quantitative estimate of drug-likeness (QED) is 0.200. The van der Waals surface area contributed by atoms with Crippen LogP contribution in [0.4, 0.5) is 11.4 Å². The number of fused-ring (bicyclic) bond motifs is 2. The van der Waals surface area contributed by atoms with Gasteiger partial charge in [0.1, 0.15) is 10.9 Å². The fourth-order valence-corrected chi connectivity index (χ4v) is 6.82. The standard InChI is InChI=1S/C35H32N6S/c36-22-29-23-38-35-31(34(29)39-30-9-10-32-27(20-30)11-13-37-32)21-33(42-35)28-8-4-7-26(19-28)24-41-17-15-40(16-18-41)14-12-25-5-2-1-3-6-25/h1-11,13,19-21,23,37H,12,14-18,24H2,(H,38,39). The van der Waals surface area contributed by atoms with E-state index in [2.05, 4.69) is 110 Å². The molecule has 42 heavy (non-hydrogen) atoms. The van der Waals surface area contributed by atoms with E-state index >= 15 is 0 Å². The van der Waals surface area contributed by atoms with E-state index in [9.17, 15) is 5.26 Å². The lowest BCUT2D eigenvalue weighted by atomic mass is 10.1. The lowest BCUT2D eigenvalue weighted by Crippen LogP contribution is -2.46. The van der Waals surface area contributed by atoms with Gasteiger partial charge in [-0.05, 0) is 59.5 Å². The van der Waals surface area contributed by atoms with Crippen molar-refractivity contribution in [1.82, 2.24) is 19.8 Å². The molecule has 3 aromatic heterocycles. The maximum Gasteiger partial charge on any atom is 0.126 e. The lowest BCUT2D eigenvalue weighted by molar-refractivity contribution is 0.128. The predicted molar refractivity (Wildman–Crippen MR) is 173 cm³/mol. The van der Waals surface area contributed by atoms with E-state index in [0.717, 1.165) is 83.1 Å². The number of aromatic nitrogens is 2. The van der Waals surface area contributed by atoms with Gasteiger partial charge in [0.15, 0.2) is 0 Å². The van der Waals surface area contributed by atoms with E-state index in [0.29, 0.717) is 5.56 Å². The zero-order valence-electron chi connectivity index (χ0n) is 23.4. The lowest BCUT2D eigenvalue weighted by Gasteiger charge is -2.34. The molecule has 1 aliphatic heterocycles. The molecule has 0 spiro atoms. The van der Waals surface area contributed by atoms with Crippen molar-refractivity contribution in [2.75, 3.05) is 38.0 Å². The molecule has 0 bridgehead atoms. The minimum atomic E-state index is 0.540. The molecule has 1 aliphatic rings. The van der Waals surface area contributed by atoms with Crippen LogP contribution in [-0.2, 0) is 13.0 Å². The Morgan fingerprint density at radius 3 is 2.57 bits per heavy atom. The third-order valence-electron chi connectivity index (χ3n) is 8.15. The van der Waals surface area contributed by atoms with Crippen molar-refractivity contribution in [2.45, 2.75) is 13.0 Å². The van der Waals surface area contributed by atoms with Gasteiger partial charge in [0.25, 0.3) is 0 Å². The van der Waals surface area contributed by atoms with Gasteiger partial charge < -0.3 is 15.2 Å². The number of aromatic amines is 1. The van der Waals surface area contributed by atoms with Crippen LogP contribution in [0.25, 0.3) is 31.6 Å². The summed E-state index contributed by atoms with van der Waals surface area (Å²) in [4.78, 5) is 15.1. The zero-order valence-corrected chi connectivity index (χ0v) is 24.2. The summed E-state index contributed by atoms with van der Waals surface area (Å²) in [5.74, 6) is 0. The summed E-state index contributed by atoms with van der Waals surface area (Å²) < 4.78 is 0. The van der Waals surface area contributed by atoms with Crippen molar-refractivity contribution >= 4 is 43.8 Å². The van der Waals surface area contributed by atoms with Gasteiger partial charge >= 0.3 is 0 Å². The number of hydrogen-bond acceptors (Lipinski definition) is 6. The molecule has 3 aromatic carbocycles. The monoisotopic (exact) mass is 568 g/mol. The van der Waals surface area contributed by atoms with Crippen molar-refractivity contribution in [1.29, 1.82) is 5.26 Å². The molecule has 0 atom stereocenters. The molecule has 6 nitrogen and oxygen atoms in total. The number of nitrogens with one attached hydrogen (secondary N) is 2. The SMILES string of the molecule is N#Cc1cnc2sc(-c3cccc(CN4CCN(CCc5ccccc5)CC4)c3)cc2c1Nc1ccc2[nH]ccc2c1. The summed E-state index contributed by atoms with van der Waals surface area (Å²) in [6.07, 6.45) is 4.73. The average molecular weight is 569 g/mol. The van der Waals surface area contributed by atoms with Crippen molar-refractivity contribution in [3.8, 4) is 16.5 Å². The number of pyridine rings is 1. The van der Waals surface area contributed by atoms with Crippen molar-refractivity contribution in [2.24, 2.45) is 0 Å². The highest BCUT2D eigenvalue weighted by molar-refractivity contribution is 7.22. The topological polar surface area (TPSA) is 71.0 Å². The highest BCUT2D eigenvalue weighted by Gasteiger charge is 2.18. The number of nitrogens with zero attached hydrogens (tertiary/aromatic N) is 4. The molecule has 6 aromatic rings. The van der Waals surface area contributed by atoms with Gasteiger partial charge in [0, 0.05) is 78.5 Å². The first-order valence-corrected chi connectivity index (χ1v) is 15.3. The van der Waals surface area contributed by atoms with Gasteiger partial charge in [-0.2, -0.15) is 5.26 Å². The van der Waals surface area contributed by atoms with E-state index in [4.69, 9.17) is 0 Å². The Balaban J connectivity index is 1.06. The molecule has 0 radical (unpaired) electrons. The van der Waals surface area contributed by atoms with Crippen LogP contribution in [-0.4, -0.2) is 52.5 Å². The van der Waals surface area contributed by atoms with Crippen LogP contribution in [0.3, 0.4) is 0 Å². The molecule has 2 N–H and O–H groups in total. The molecular weight excluding hydrogens is 536 g/mol. The molecule has 7 rings (SSSR count). The summed E-state index contributed by atoms with van der Waals surface area (Å²) in [5.41, 5.74) is 7.31. The fraction of sp³-hybridized carbons (Fsp3) is 0.200. The van der Waals surface area contributed by atoms with Crippen LogP contribution in [0.15, 0.2) is 97.3 Å². The van der Waals surface area contributed by atoms with E-state index in [1.54, 1.807) is 17.5 Å². The van der Waals surface area contributed by atoms with E-state index in [1.165, 1.54) is 16.7 Å². The third kappa shape index (κ3) is 5.65. The fourth-order valence-electron chi connectivity index (χ4n) is 5.81. The highest BCUT2D eigenvalue weighted by Crippen LogP contribution is 2.39. The molecular formula is C35H32N6S. The van der Waals surface area contributed by atoms with Gasteiger partial charge in [-0.1, -0.05) is 48.5 Å². The third-order valence-corrected chi connectivity index (χ3v) is 9.24. The Morgan fingerprint density at radius 2 is 1.71 bits per heavy atom. The van der Waals surface area contributed by atoms with Gasteiger partial charge in [-0.3, -0.25) is 4.90 Å². The van der Waals surface area contributed by atoms with Gasteiger partial charge in [0.05, 0.1) is 11.3 Å². The second-order valence-corrected chi connectivity index (χ2v) is 12.0. The summed E-state index contributed by atoms with van der Waals surface area (Å²) in [5, 5.41) is 15.5. The van der Waals surface area contributed by atoms with Crippen LogP contribution in [0.1, 0.15) is 16.7 Å². The first-order valence-electron chi connectivity index (χ1n) is 14.5. The maximum absolute atomic E-state index is 9.87. The number of piperazine rings is 1. The number of benzene rings is 3. The number of H-pyrrole nitrogens is 1. The summed E-state index contributed by atoms with van der Waals surface area (Å²) in [6.45, 7) is 6.48. The number of anilines is 2. The Hall–Kier alpha value is -4.48. The Labute approximate surface area is 249 Å². The van der Waals surface area contributed by atoms with Crippen LogP contribution in [0.5, 0.6) is 0 Å². The molecule has 208 valence electrons. The van der Waals surface area contributed by atoms with Crippen molar-refractivity contribution in [3.63, 3.8) is 0 Å². The highest BCUT2D eigenvalue weighted by atomic mass is 32.1. The van der Waals surface area contributed by atoms with E-state index < -0.39 is 0 Å². The van der Waals surface area contributed by atoms with E-state index in [-0.39, 0.29) is 0 Å². The normalized spacial score (nSPS) is 14.4.